The largest absolute Gasteiger partial charge is 0.486 e. The van der Waals surface area contributed by atoms with Crippen LogP contribution in [0.1, 0.15) is 27.6 Å². The highest BCUT2D eigenvalue weighted by Gasteiger charge is 2.21. The van der Waals surface area contributed by atoms with Gasteiger partial charge in [0, 0.05) is 11.1 Å². The van der Waals surface area contributed by atoms with E-state index in [-0.39, 0.29) is 5.38 Å². The van der Waals surface area contributed by atoms with E-state index in [1.807, 2.05) is 18.2 Å². The second-order valence-corrected chi connectivity index (χ2v) is 6.01. The summed E-state index contributed by atoms with van der Waals surface area (Å²) in [6.45, 7) is 5.24. The van der Waals surface area contributed by atoms with Gasteiger partial charge in [0.2, 0.25) is 0 Å². The summed E-state index contributed by atoms with van der Waals surface area (Å²) in [5.74, 6) is 1.39. The van der Waals surface area contributed by atoms with Crippen LogP contribution in [0.4, 0.5) is 0 Å². The Morgan fingerprint density at radius 1 is 1.00 bits per heavy atom. The normalized spacial score (nSPS) is 14.9. The minimum absolute atomic E-state index is 0.312. The smallest absolute Gasteiger partial charge is 0.162 e. The molecule has 0 radical (unpaired) electrons. The molecule has 0 saturated carbocycles. The van der Waals surface area contributed by atoms with Crippen molar-refractivity contribution in [2.24, 2.45) is 0 Å². The maximum atomic E-state index is 6.68. The Balaban J connectivity index is 2.05. The lowest BCUT2D eigenvalue weighted by Gasteiger charge is -2.22. The van der Waals surface area contributed by atoms with Gasteiger partial charge in [0.15, 0.2) is 11.5 Å². The highest BCUT2D eigenvalue weighted by molar-refractivity contribution is 6.33. The van der Waals surface area contributed by atoms with E-state index in [9.17, 15) is 0 Å². The van der Waals surface area contributed by atoms with Crippen molar-refractivity contribution in [3.63, 3.8) is 0 Å². The molecule has 0 aromatic heterocycles. The summed E-state index contributed by atoms with van der Waals surface area (Å²) < 4.78 is 11.2. The number of rotatable bonds is 2. The topological polar surface area (TPSA) is 18.5 Å². The van der Waals surface area contributed by atoms with E-state index in [2.05, 4.69) is 19.9 Å². The number of benzene rings is 2. The highest BCUT2D eigenvalue weighted by Crippen LogP contribution is 2.42. The molecule has 1 atom stereocenters. The monoisotopic (exact) mass is 322 g/mol. The molecule has 0 N–H and O–H groups in total. The number of halogens is 2. The van der Waals surface area contributed by atoms with E-state index in [1.165, 1.54) is 11.1 Å². The molecule has 2 aromatic rings. The second kappa shape index (κ2) is 5.78. The van der Waals surface area contributed by atoms with Crippen molar-refractivity contribution >= 4 is 23.2 Å². The number of hydrogen-bond donors (Lipinski definition) is 0. The molecule has 0 bridgehead atoms. The second-order valence-electron chi connectivity index (χ2n) is 5.17. The van der Waals surface area contributed by atoms with E-state index in [0.29, 0.717) is 29.7 Å². The van der Waals surface area contributed by atoms with Crippen LogP contribution in [0.2, 0.25) is 5.02 Å². The summed E-state index contributed by atoms with van der Waals surface area (Å²) in [5.41, 5.74) is 4.31. The van der Waals surface area contributed by atoms with Gasteiger partial charge >= 0.3 is 0 Å². The average molecular weight is 323 g/mol. The fraction of sp³-hybridized carbons (Fsp3) is 0.294. The summed E-state index contributed by atoms with van der Waals surface area (Å²) in [6, 6.07) is 9.79. The number of aryl methyl sites for hydroxylation is 1. The molecule has 1 aliphatic heterocycles. The van der Waals surface area contributed by atoms with Crippen LogP contribution in [0.15, 0.2) is 30.3 Å². The van der Waals surface area contributed by atoms with E-state index >= 15 is 0 Å². The lowest BCUT2D eigenvalue weighted by Crippen LogP contribution is -2.15. The summed E-state index contributed by atoms with van der Waals surface area (Å²) in [5, 5.41) is 0.286. The molecule has 1 unspecified atom stereocenters. The van der Waals surface area contributed by atoms with Crippen molar-refractivity contribution in [2.45, 2.75) is 19.2 Å². The molecule has 2 nitrogen and oxygen atoms in total. The van der Waals surface area contributed by atoms with E-state index in [4.69, 9.17) is 32.7 Å². The SMILES string of the molecule is Cc1cccc(C(Cl)c2cc3c(cc2Cl)OCCO3)c1C. The van der Waals surface area contributed by atoms with Crippen molar-refractivity contribution in [1.29, 1.82) is 0 Å². The van der Waals surface area contributed by atoms with Gasteiger partial charge in [-0.3, -0.25) is 0 Å². The maximum Gasteiger partial charge on any atom is 0.162 e. The number of alkyl halides is 1. The Hall–Kier alpha value is -1.38. The van der Waals surface area contributed by atoms with Crippen LogP contribution in [0.25, 0.3) is 0 Å². The molecule has 0 saturated heterocycles. The molecule has 0 spiro atoms. The standard InChI is InChI=1S/C17H16Cl2O2/c1-10-4-3-5-12(11(10)2)17(19)13-8-15-16(9-14(13)18)21-7-6-20-15/h3-5,8-9,17H,6-7H2,1-2H3. The zero-order chi connectivity index (χ0) is 15.0. The molecule has 3 rings (SSSR count). The van der Waals surface area contributed by atoms with Crippen molar-refractivity contribution in [3.8, 4) is 11.5 Å². The number of ether oxygens (including phenoxy) is 2. The van der Waals surface area contributed by atoms with Gasteiger partial charge in [-0.15, -0.1) is 11.6 Å². The van der Waals surface area contributed by atoms with Crippen molar-refractivity contribution in [1.82, 2.24) is 0 Å². The maximum absolute atomic E-state index is 6.68. The molecule has 1 aliphatic rings. The molecule has 0 aliphatic carbocycles. The fourth-order valence-corrected chi connectivity index (χ4v) is 3.23. The van der Waals surface area contributed by atoms with Crippen LogP contribution < -0.4 is 9.47 Å². The van der Waals surface area contributed by atoms with Gasteiger partial charge in [-0.2, -0.15) is 0 Å². The quantitative estimate of drug-likeness (QED) is 0.720. The third kappa shape index (κ3) is 2.70. The minimum atomic E-state index is -0.312. The summed E-state index contributed by atoms with van der Waals surface area (Å²) in [6.07, 6.45) is 0. The first kappa shape index (κ1) is 14.6. The molecule has 21 heavy (non-hydrogen) atoms. The first-order valence-corrected chi connectivity index (χ1v) is 7.68. The Bertz CT molecular complexity index is 683. The van der Waals surface area contributed by atoms with Gasteiger partial charge in [0.1, 0.15) is 13.2 Å². The van der Waals surface area contributed by atoms with Gasteiger partial charge in [-0.05, 0) is 42.2 Å². The lowest BCUT2D eigenvalue weighted by atomic mass is 9.96. The van der Waals surface area contributed by atoms with Crippen LogP contribution in [0.3, 0.4) is 0 Å². The lowest BCUT2D eigenvalue weighted by molar-refractivity contribution is 0.171. The Kier molecular flexibility index (Phi) is 4.01. The van der Waals surface area contributed by atoms with Gasteiger partial charge in [0.25, 0.3) is 0 Å². The van der Waals surface area contributed by atoms with Gasteiger partial charge in [0.05, 0.1) is 5.38 Å². The zero-order valence-corrected chi connectivity index (χ0v) is 13.5. The predicted octanol–water partition coefficient (Wildman–Crippen LogP) is 5.06. The first-order valence-electron chi connectivity index (χ1n) is 6.87. The van der Waals surface area contributed by atoms with Crippen LogP contribution >= 0.6 is 23.2 Å². The Morgan fingerprint density at radius 3 is 2.38 bits per heavy atom. The van der Waals surface area contributed by atoms with Crippen LogP contribution in [-0.2, 0) is 0 Å². The Morgan fingerprint density at radius 2 is 1.67 bits per heavy atom. The van der Waals surface area contributed by atoms with Crippen LogP contribution in [-0.4, -0.2) is 13.2 Å². The predicted molar refractivity (Wildman–Crippen MR) is 86.1 cm³/mol. The van der Waals surface area contributed by atoms with E-state index in [0.717, 1.165) is 11.1 Å². The van der Waals surface area contributed by atoms with Crippen molar-refractivity contribution in [3.05, 3.63) is 57.6 Å². The van der Waals surface area contributed by atoms with Gasteiger partial charge in [-0.25, -0.2) is 0 Å². The van der Waals surface area contributed by atoms with Gasteiger partial charge in [-0.1, -0.05) is 29.8 Å². The molecular weight excluding hydrogens is 307 g/mol. The molecular formula is C17H16Cl2O2. The number of fused-ring (bicyclic) bond motifs is 1. The highest BCUT2D eigenvalue weighted by atomic mass is 35.5. The molecule has 110 valence electrons. The molecule has 1 heterocycles. The molecule has 2 aromatic carbocycles. The van der Waals surface area contributed by atoms with Gasteiger partial charge < -0.3 is 9.47 Å². The number of hydrogen-bond acceptors (Lipinski definition) is 2. The third-order valence-electron chi connectivity index (χ3n) is 3.85. The van der Waals surface area contributed by atoms with E-state index in [1.54, 1.807) is 6.07 Å². The molecule has 0 amide bonds. The fourth-order valence-electron chi connectivity index (χ4n) is 2.49. The van der Waals surface area contributed by atoms with Crippen LogP contribution in [0, 0.1) is 13.8 Å². The Labute approximate surface area is 134 Å². The summed E-state index contributed by atoms with van der Waals surface area (Å²) in [7, 11) is 0. The van der Waals surface area contributed by atoms with Crippen LogP contribution in [0.5, 0.6) is 11.5 Å². The summed E-state index contributed by atoms with van der Waals surface area (Å²) >= 11 is 13.1. The molecule has 4 heteroatoms. The zero-order valence-electron chi connectivity index (χ0n) is 12.0. The van der Waals surface area contributed by atoms with Crippen molar-refractivity contribution in [2.75, 3.05) is 13.2 Å². The first-order chi connectivity index (χ1) is 10.1. The third-order valence-corrected chi connectivity index (χ3v) is 4.65. The van der Waals surface area contributed by atoms with Crippen molar-refractivity contribution < 1.29 is 9.47 Å². The molecule has 0 fully saturated rings. The average Bonchev–Trinajstić information content (AvgIpc) is 2.48. The summed E-state index contributed by atoms with van der Waals surface area (Å²) in [4.78, 5) is 0. The van der Waals surface area contributed by atoms with E-state index < -0.39 is 0 Å². The minimum Gasteiger partial charge on any atom is -0.486 e.